The maximum Gasteiger partial charge on any atom is 0.283 e. The minimum Gasteiger partial charge on any atom is -0.869 e. The molecule has 2 aromatic heterocycles. The predicted molar refractivity (Wildman–Crippen MR) is 133 cm³/mol. The molecule has 1 N–H and O–H groups in total. The average Bonchev–Trinajstić information content (AvgIpc) is 3.37. The first-order chi connectivity index (χ1) is 17.7. The first-order valence-corrected chi connectivity index (χ1v) is 12.5. The zero-order valence-corrected chi connectivity index (χ0v) is 20.2. The Morgan fingerprint density at radius 1 is 1.03 bits per heavy atom. The number of Topliss-reactive ketones (excluding diaryl/α,β-unsaturated/α-hetero) is 1. The minimum absolute atomic E-state index is 0.0698. The van der Waals surface area contributed by atoms with Crippen LogP contribution in [0, 0.1) is 0 Å². The Hall–Kier alpha value is -4.90. The number of imidazole rings is 1. The van der Waals surface area contributed by atoms with Gasteiger partial charge in [-0.25, -0.2) is 9.13 Å². The van der Waals surface area contributed by atoms with E-state index in [4.69, 9.17) is 0 Å². The molecule has 2 aromatic carbocycles. The summed E-state index contributed by atoms with van der Waals surface area (Å²) in [6, 6.07) is 15.0. The molecule has 0 radical (unpaired) electrons. The van der Waals surface area contributed by atoms with E-state index < -0.39 is 27.3 Å². The van der Waals surface area contributed by atoms with Crippen molar-refractivity contribution in [2.24, 2.45) is 4.40 Å². The molecule has 4 aromatic rings. The molecule has 0 aliphatic heterocycles. The van der Waals surface area contributed by atoms with E-state index in [0.717, 1.165) is 5.69 Å². The normalized spacial score (nSPS) is 14.5. The lowest BCUT2D eigenvalue weighted by Gasteiger charge is -2.24. The lowest BCUT2D eigenvalue weighted by Crippen LogP contribution is -2.42. The Bertz CT molecular complexity index is 1710. The van der Waals surface area contributed by atoms with Crippen molar-refractivity contribution >= 4 is 44.6 Å². The van der Waals surface area contributed by atoms with Gasteiger partial charge in [0.25, 0.3) is 16.4 Å². The predicted octanol–water partition coefficient (Wildman–Crippen LogP) is 1.83. The lowest BCUT2D eigenvalue weighted by molar-refractivity contribution is -0.576. The Morgan fingerprint density at radius 3 is 2.38 bits per heavy atom. The molecule has 184 valence electrons. The van der Waals surface area contributed by atoms with Crippen LogP contribution < -0.4 is 15.0 Å². The van der Waals surface area contributed by atoms with Crippen molar-refractivity contribution < 1.29 is 27.7 Å². The van der Waals surface area contributed by atoms with E-state index in [2.05, 4.69) is 14.7 Å². The largest absolute Gasteiger partial charge is 0.869 e. The third kappa shape index (κ3) is 4.55. The summed E-state index contributed by atoms with van der Waals surface area (Å²) < 4.78 is 33.4. The van der Waals surface area contributed by atoms with E-state index in [0.29, 0.717) is 5.69 Å². The fourth-order valence-electron chi connectivity index (χ4n) is 3.92. The van der Waals surface area contributed by atoms with Crippen LogP contribution in [0.4, 0.5) is 5.69 Å². The van der Waals surface area contributed by atoms with Crippen LogP contribution in [0.3, 0.4) is 0 Å². The van der Waals surface area contributed by atoms with Gasteiger partial charge < -0.3 is 10.4 Å². The lowest BCUT2D eigenvalue weighted by atomic mass is 9.91. The van der Waals surface area contributed by atoms with Gasteiger partial charge in [-0.2, -0.15) is 12.8 Å². The Morgan fingerprint density at radius 2 is 1.70 bits per heavy atom. The van der Waals surface area contributed by atoms with Crippen LogP contribution in [0.25, 0.3) is 17.1 Å². The zero-order valence-electron chi connectivity index (χ0n) is 19.4. The van der Waals surface area contributed by atoms with Crippen molar-refractivity contribution in [2.75, 3.05) is 5.32 Å². The number of anilines is 1. The molecule has 1 aliphatic carbocycles. The topological polar surface area (TPSA) is 137 Å². The second-order valence-corrected chi connectivity index (χ2v) is 9.71. The van der Waals surface area contributed by atoms with Crippen molar-refractivity contribution in [3.8, 4) is 5.69 Å². The number of hydrogen-bond acceptors (Lipinski definition) is 6. The highest BCUT2D eigenvalue weighted by Crippen LogP contribution is 2.28. The molecule has 37 heavy (non-hydrogen) atoms. The monoisotopic (exact) mass is 513 g/mol. The van der Waals surface area contributed by atoms with Gasteiger partial charge in [-0.3, -0.25) is 14.6 Å². The summed E-state index contributed by atoms with van der Waals surface area (Å²) in [7, 11) is -4.40. The fourth-order valence-corrected chi connectivity index (χ4v) is 4.91. The maximum atomic E-state index is 13.5. The highest BCUT2D eigenvalue weighted by Gasteiger charge is 2.33. The highest BCUT2D eigenvalue weighted by molar-refractivity contribution is 7.90. The molecule has 5 rings (SSSR count). The molecular weight excluding hydrogens is 494 g/mol. The van der Waals surface area contributed by atoms with Gasteiger partial charge in [0.05, 0.1) is 4.90 Å². The Kier molecular flexibility index (Phi) is 5.98. The van der Waals surface area contributed by atoms with Gasteiger partial charge in [0.15, 0.2) is 11.4 Å². The number of carbonyl (C=O) groups is 2. The molecule has 1 aliphatic rings. The third-order valence-corrected chi connectivity index (χ3v) is 6.90. The van der Waals surface area contributed by atoms with Crippen molar-refractivity contribution in [3.63, 3.8) is 0 Å². The van der Waals surface area contributed by atoms with Crippen molar-refractivity contribution in [1.82, 2.24) is 9.55 Å². The number of sulfonamides is 1. The number of carbonyl (C=O) groups excluding carboxylic acids is 2. The quantitative estimate of drug-likeness (QED) is 0.404. The van der Waals surface area contributed by atoms with Crippen LogP contribution in [0.1, 0.15) is 22.8 Å². The molecule has 0 fully saturated rings. The van der Waals surface area contributed by atoms with Gasteiger partial charge in [0.1, 0.15) is 18.1 Å². The first-order valence-electron chi connectivity index (χ1n) is 11.0. The van der Waals surface area contributed by atoms with Gasteiger partial charge in [-0.05, 0) is 35.6 Å². The number of allylic oxidation sites excluding steroid dienone is 1. The summed E-state index contributed by atoms with van der Waals surface area (Å²) in [5, 5.41) is 16.1. The van der Waals surface area contributed by atoms with E-state index in [1.54, 1.807) is 59.9 Å². The number of ketones is 1. The van der Waals surface area contributed by atoms with Crippen LogP contribution >= 0.6 is 0 Å². The first kappa shape index (κ1) is 23.8. The number of nitrogens with one attached hydrogen (secondary N) is 1. The minimum atomic E-state index is -4.40. The Balaban J connectivity index is 1.65. The molecular formula is C26H19N5O5S. The third-order valence-electron chi connectivity index (χ3n) is 5.61. The van der Waals surface area contributed by atoms with Gasteiger partial charge >= 0.3 is 0 Å². The molecule has 10 nitrogen and oxygen atoms in total. The van der Waals surface area contributed by atoms with Crippen molar-refractivity contribution in [2.45, 2.75) is 11.8 Å². The molecule has 2 heterocycles. The van der Waals surface area contributed by atoms with Crippen LogP contribution in [-0.4, -0.2) is 35.4 Å². The average molecular weight is 514 g/mol. The number of rotatable bonds is 5. The van der Waals surface area contributed by atoms with Crippen molar-refractivity contribution in [3.05, 3.63) is 103 Å². The number of nitrogens with zero attached hydrogens (tertiary/aromatic N) is 4. The molecule has 11 heteroatoms. The van der Waals surface area contributed by atoms with E-state index in [1.807, 2.05) is 0 Å². The number of hydrogen-bond donors (Lipinski definition) is 1. The SMILES string of the molecule is CC(=O)Nc1ccc(S(=O)(=O)N=C2C(=O)c3ccccc3C([O-])=C2[n+]2ccn(-c3ccncc3)c2)cc1. The van der Waals surface area contributed by atoms with Crippen LogP contribution in [0.2, 0.25) is 0 Å². The van der Waals surface area contributed by atoms with Gasteiger partial charge in [0, 0.05) is 42.7 Å². The summed E-state index contributed by atoms with van der Waals surface area (Å²) in [6.07, 6.45) is 7.96. The van der Waals surface area contributed by atoms with Gasteiger partial charge in [0.2, 0.25) is 11.7 Å². The number of pyridine rings is 1. The van der Waals surface area contributed by atoms with Crippen LogP contribution in [0.5, 0.6) is 0 Å². The van der Waals surface area contributed by atoms with E-state index in [-0.39, 0.29) is 27.6 Å². The van der Waals surface area contributed by atoms with Crippen LogP contribution in [-0.2, 0) is 14.8 Å². The number of amides is 1. The molecule has 0 saturated carbocycles. The van der Waals surface area contributed by atoms with E-state index in [9.17, 15) is 23.1 Å². The fraction of sp³-hybridized carbons (Fsp3) is 0.0385. The summed E-state index contributed by atoms with van der Waals surface area (Å²) in [5.41, 5.74) is 0.692. The number of aromatic nitrogens is 3. The van der Waals surface area contributed by atoms with Gasteiger partial charge in [-0.1, -0.05) is 24.3 Å². The van der Waals surface area contributed by atoms with E-state index >= 15 is 0 Å². The van der Waals surface area contributed by atoms with E-state index in [1.165, 1.54) is 47.9 Å². The molecule has 0 spiro atoms. The molecule has 0 atom stereocenters. The number of fused-ring (bicyclic) bond motifs is 1. The standard InChI is InChI=1S/C26H19N5O5S/c1-17(32)28-18-6-8-20(9-7-18)37(35,36)29-23-24(26(34)22-5-3-2-4-21(22)25(23)33)31-15-14-30(16-31)19-10-12-27-13-11-19/h2-16H,1H3,(H-,28,29,32,34). The molecule has 1 amide bonds. The molecule has 0 saturated heterocycles. The summed E-state index contributed by atoms with van der Waals surface area (Å²) in [6.45, 7) is 1.33. The second kappa shape index (κ2) is 9.28. The molecule has 0 bridgehead atoms. The summed E-state index contributed by atoms with van der Waals surface area (Å²) >= 11 is 0. The van der Waals surface area contributed by atoms with Crippen LogP contribution in [0.15, 0.2) is 101 Å². The van der Waals surface area contributed by atoms with Crippen molar-refractivity contribution in [1.29, 1.82) is 0 Å². The van der Waals surface area contributed by atoms with Gasteiger partial charge in [-0.15, -0.1) is 0 Å². The second-order valence-electron chi connectivity index (χ2n) is 8.11. The highest BCUT2D eigenvalue weighted by atomic mass is 32.2. The zero-order chi connectivity index (χ0) is 26.2. The molecule has 0 unspecified atom stereocenters. The summed E-state index contributed by atoms with van der Waals surface area (Å²) in [5.74, 6) is -1.54. The maximum absolute atomic E-state index is 13.5. The number of benzene rings is 2. The smallest absolute Gasteiger partial charge is 0.283 e. The summed E-state index contributed by atoms with van der Waals surface area (Å²) in [4.78, 5) is 28.5. The Labute approximate surface area is 211 Å².